The van der Waals surface area contributed by atoms with Crippen LogP contribution in [0.1, 0.15) is 29.7 Å². The molecule has 2 rings (SSSR count). The average molecular weight is 167 g/mol. The number of rotatable bonds is 2. The van der Waals surface area contributed by atoms with Gasteiger partial charge in [0.05, 0.1) is 0 Å². The fraction of sp³-hybridized carbons (Fsp3) is 0.556. The Morgan fingerprint density at radius 3 is 3.00 bits per heavy atom. The minimum Gasteiger partial charge on any atom is -0.327 e. The van der Waals surface area contributed by atoms with E-state index in [0.717, 1.165) is 6.42 Å². The highest BCUT2D eigenvalue weighted by molar-refractivity contribution is 7.10. The van der Waals surface area contributed by atoms with Gasteiger partial charge in [0.25, 0.3) is 0 Å². The number of nitrogens with two attached hydrogens (primary N) is 1. The molecule has 2 N–H and O–H groups in total. The maximum Gasteiger partial charge on any atom is 0.0124 e. The van der Waals surface area contributed by atoms with E-state index in [-0.39, 0.29) is 0 Å². The molecule has 0 radical (unpaired) electrons. The Morgan fingerprint density at radius 2 is 2.45 bits per heavy atom. The Balaban J connectivity index is 2.23. The van der Waals surface area contributed by atoms with E-state index in [1.807, 2.05) is 11.3 Å². The maximum atomic E-state index is 5.79. The SMILES string of the molecule is CCc1ccsc1[C@@H]1C[C@H]1N. The van der Waals surface area contributed by atoms with Gasteiger partial charge in [-0.2, -0.15) is 0 Å². The molecule has 0 aliphatic heterocycles. The Bertz CT molecular complexity index is 254. The van der Waals surface area contributed by atoms with Crippen LogP contribution in [0.2, 0.25) is 0 Å². The number of hydrogen-bond acceptors (Lipinski definition) is 2. The predicted octanol–water partition coefficient (Wildman–Crippen LogP) is 2.13. The normalized spacial score (nSPS) is 28.9. The molecule has 0 spiro atoms. The third-order valence-electron chi connectivity index (χ3n) is 2.34. The molecule has 1 aliphatic rings. The van der Waals surface area contributed by atoms with Crippen molar-refractivity contribution in [2.45, 2.75) is 31.7 Å². The molecule has 0 aromatic carbocycles. The molecular weight excluding hydrogens is 154 g/mol. The highest BCUT2D eigenvalue weighted by Gasteiger charge is 2.36. The molecule has 1 fully saturated rings. The lowest BCUT2D eigenvalue weighted by Gasteiger charge is -1.96. The second kappa shape index (κ2) is 2.61. The van der Waals surface area contributed by atoms with E-state index in [1.165, 1.54) is 12.0 Å². The Labute approximate surface area is 71.2 Å². The maximum absolute atomic E-state index is 5.79. The molecule has 1 aliphatic carbocycles. The summed E-state index contributed by atoms with van der Waals surface area (Å²) >= 11 is 1.87. The van der Waals surface area contributed by atoms with Crippen molar-refractivity contribution >= 4 is 11.3 Å². The first-order valence-corrected chi connectivity index (χ1v) is 5.02. The molecule has 0 unspecified atom stereocenters. The van der Waals surface area contributed by atoms with E-state index in [9.17, 15) is 0 Å². The zero-order chi connectivity index (χ0) is 7.84. The summed E-state index contributed by atoms with van der Waals surface area (Å²) in [6, 6.07) is 2.68. The van der Waals surface area contributed by atoms with Crippen molar-refractivity contribution in [3.63, 3.8) is 0 Å². The van der Waals surface area contributed by atoms with Crippen LogP contribution in [0.25, 0.3) is 0 Å². The van der Waals surface area contributed by atoms with Gasteiger partial charge in [0.2, 0.25) is 0 Å². The molecule has 1 nitrogen and oxygen atoms in total. The molecule has 1 saturated carbocycles. The van der Waals surface area contributed by atoms with Crippen LogP contribution < -0.4 is 5.73 Å². The van der Waals surface area contributed by atoms with Gasteiger partial charge in [-0.25, -0.2) is 0 Å². The van der Waals surface area contributed by atoms with Crippen molar-refractivity contribution in [2.24, 2.45) is 5.73 Å². The molecule has 0 saturated heterocycles. The first-order valence-electron chi connectivity index (χ1n) is 4.14. The molecule has 2 heteroatoms. The minimum atomic E-state index is 0.457. The lowest BCUT2D eigenvalue weighted by molar-refractivity contribution is 0.983. The highest BCUT2D eigenvalue weighted by atomic mass is 32.1. The molecule has 2 atom stereocenters. The molecule has 11 heavy (non-hydrogen) atoms. The number of aryl methyl sites for hydroxylation is 1. The summed E-state index contributed by atoms with van der Waals surface area (Å²) in [4.78, 5) is 1.54. The van der Waals surface area contributed by atoms with Gasteiger partial charge >= 0.3 is 0 Å². The van der Waals surface area contributed by atoms with Crippen LogP contribution in [-0.4, -0.2) is 6.04 Å². The van der Waals surface area contributed by atoms with Gasteiger partial charge in [-0.1, -0.05) is 6.92 Å². The first kappa shape index (κ1) is 7.32. The van der Waals surface area contributed by atoms with E-state index in [0.29, 0.717) is 12.0 Å². The standard InChI is InChI=1S/C9H13NS/c1-2-6-3-4-11-9(6)7-5-8(7)10/h3-4,7-8H,2,5,10H2,1H3/t7-,8-/m1/s1. The van der Waals surface area contributed by atoms with Gasteiger partial charge in [-0.3, -0.25) is 0 Å². The zero-order valence-electron chi connectivity index (χ0n) is 6.71. The monoisotopic (exact) mass is 167 g/mol. The van der Waals surface area contributed by atoms with Crippen LogP contribution in [0, 0.1) is 0 Å². The molecule has 1 heterocycles. The highest BCUT2D eigenvalue weighted by Crippen LogP contribution is 2.43. The van der Waals surface area contributed by atoms with Crippen LogP contribution in [0.15, 0.2) is 11.4 Å². The summed E-state index contributed by atoms with van der Waals surface area (Å²) in [5.74, 6) is 0.699. The molecular formula is C9H13NS. The van der Waals surface area contributed by atoms with E-state index in [4.69, 9.17) is 5.73 Å². The zero-order valence-corrected chi connectivity index (χ0v) is 7.53. The quantitative estimate of drug-likeness (QED) is 0.717. The molecule has 0 bridgehead atoms. The van der Waals surface area contributed by atoms with Gasteiger partial charge in [0.15, 0.2) is 0 Å². The van der Waals surface area contributed by atoms with Crippen LogP contribution in [0.3, 0.4) is 0 Å². The van der Waals surface area contributed by atoms with E-state index in [1.54, 1.807) is 4.88 Å². The summed E-state index contributed by atoms with van der Waals surface area (Å²) in [5.41, 5.74) is 7.30. The molecule has 1 aromatic heterocycles. The smallest absolute Gasteiger partial charge is 0.0124 e. The summed E-state index contributed by atoms with van der Waals surface area (Å²) in [5, 5.41) is 2.18. The van der Waals surface area contributed by atoms with Crippen molar-refractivity contribution in [3.8, 4) is 0 Å². The van der Waals surface area contributed by atoms with Crippen LogP contribution in [0.5, 0.6) is 0 Å². The van der Waals surface area contributed by atoms with Crippen LogP contribution >= 0.6 is 11.3 Å². The fourth-order valence-corrected chi connectivity index (χ4v) is 2.67. The summed E-state index contributed by atoms with van der Waals surface area (Å²) in [6.45, 7) is 2.21. The van der Waals surface area contributed by atoms with Crippen molar-refractivity contribution in [1.82, 2.24) is 0 Å². The largest absolute Gasteiger partial charge is 0.327 e. The third-order valence-corrected chi connectivity index (χ3v) is 3.43. The van der Waals surface area contributed by atoms with Crippen molar-refractivity contribution in [3.05, 3.63) is 21.9 Å². The van der Waals surface area contributed by atoms with Gasteiger partial charge in [0, 0.05) is 16.8 Å². The van der Waals surface area contributed by atoms with Gasteiger partial charge in [-0.15, -0.1) is 11.3 Å². The van der Waals surface area contributed by atoms with Crippen molar-refractivity contribution in [1.29, 1.82) is 0 Å². The summed E-state index contributed by atoms with van der Waals surface area (Å²) in [6.07, 6.45) is 2.36. The molecule has 0 amide bonds. The van der Waals surface area contributed by atoms with E-state index >= 15 is 0 Å². The Morgan fingerprint density at radius 1 is 1.73 bits per heavy atom. The second-order valence-corrected chi connectivity index (χ2v) is 4.12. The summed E-state index contributed by atoms with van der Waals surface area (Å²) in [7, 11) is 0. The number of hydrogen-bond donors (Lipinski definition) is 1. The minimum absolute atomic E-state index is 0.457. The topological polar surface area (TPSA) is 26.0 Å². The second-order valence-electron chi connectivity index (χ2n) is 3.17. The van der Waals surface area contributed by atoms with Gasteiger partial charge < -0.3 is 5.73 Å². The van der Waals surface area contributed by atoms with Crippen molar-refractivity contribution in [2.75, 3.05) is 0 Å². The lowest BCUT2D eigenvalue weighted by Crippen LogP contribution is -2.00. The van der Waals surface area contributed by atoms with Gasteiger partial charge in [0.1, 0.15) is 0 Å². The van der Waals surface area contributed by atoms with Crippen LogP contribution in [-0.2, 0) is 6.42 Å². The average Bonchev–Trinajstić information content (AvgIpc) is 2.58. The van der Waals surface area contributed by atoms with E-state index in [2.05, 4.69) is 18.4 Å². The van der Waals surface area contributed by atoms with Crippen molar-refractivity contribution < 1.29 is 0 Å². The Hall–Kier alpha value is -0.340. The predicted molar refractivity (Wildman–Crippen MR) is 49.0 cm³/mol. The fourth-order valence-electron chi connectivity index (χ4n) is 1.48. The first-order chi connectivity index (χ1) is 5.33. The van der Waals surface area contributed by atoms with E-state index < -0.39 is 0 Å². The van der Waals surface area contributed by atoms with Crippen LogP contribution in [0.4, 0.5) is 0 Å². The molecule has 60 valence electrons. The lowest BCUT2D eigenvalue weighted by atomic mass is 10.1. The van der Waals surface area contributed by atoms with Gasteiger partial charge in [-0.05, 0) is 29.9 Å². The number of thiophene rings is 1. The summed E-state index contributed by atoms with van der Waals surface area (Å²) < 4.78 is 0. The third kappa shape index (κ3) is 1.21. The Kier molecular flexibility index (Phi) is 1.74. The molecule has 1 aromatic rings.